The number of amides is 1. The van der Waals surface area contributed by atoms with Gasteiger partial charge < -0.3 is 5.73 Å². The predicted molar refractivity (Wildman–Crippen MR) is 64.2 cm³/mol. The molecule has 82 valence electrons. The quantitative estimate of drug-likeness (QED) is 0.877. The maximum absolute atomic E-state index is 11.7. The van der Waals surface area contributed by atoms with Crippen LogP contribution in [0.1, 0.15) is 10.5 Å². The molecule has 2 rings (SSSR count). The maximum atomic E-state index is 11.7. The van der Waals surface area contributed by atoms with Gasteiger partial charge in [0.15, 0.2) is 5.13 Å². The van der Waals surface area contributed by atoms with E-state index in [0.29, 0.717) is 5.13 Å². The van der Waals surface area contributed by atoms with Gasteiger partial charge in [-0.3, -0.25) is 15.1 Å². The molecule has 1 amide bonds. The van der Waals surface area contributed by atoms with Crippen LogP contribution in [0.3, 0.4) is 0 Å². The van der Waals surface area contributed by atoms with Crippen molar-refractivity contribution in [3.63, 3.8) is 0 Å². The van der Waals surface area contributed by atoms with Crippen LogP contribution < -0.4 is 11.1 Å². The van der Waals surface area contributed by atoms with E-state index in [0.717, 1.165) is 3.79 Å². The number of thiazole rings is 1. The van der Waals surface area contributed by atoms with E-state index in [-0.39, 0.29) is 17.4 Å². The van der Waals surface area contributed by atoms with Crippen LogP contribution in [0.25, 0.3) is 0 Å². The van der Waals surface area contributed by atoms with Crippen LogP contribution >= 0.6 is 27.3 Å². The van der Waals surface area contributed by atoms with Gasteiger partial charge in [0.25, 0.3) is 5.91 Å². The van der Waals surface area contributed by atoms with Gasteiger partial charge in [-0.1, -0.05) is 11.3 Å². The minimum atomic E-state index is -0.387. The summed E-state index contributed by atoms with van der Waals surface area (Å²) in [5.41, 5.74) is 5.58. The molecule has 0 aromatic carbocycles. The van der Waals surface area contributed by atoms with Crippen molar-refractivity contribution in [2.45, 2.75) is 0 Å². The van der Waals surface area contributed by atoms with Crippen molar-refractivity contribution in [1.29, 1.82) is 0 Å². The Morgan fingerprint density at radius 2 is 2.25 bits per heavy atom. The van der Waals surface area contributed by atoms with Gasteiger partial charge in [0.05, 0.1) is 22.4 Å². The third-order valence-electron chi connectivity index (χ3n) is 1.58. The SMILES string of the molecule is Nc1cncc(C(=O)Nc2ncc(Br)s2)n1. The average molecular weight is 300 g/mol. The summed E-state index contributed by atoms with van der Waals surface area (Å²) in [6, 6.07) is 0. The number of rotatable bonds is 2. The van der Waals surface area contributed by atoms with Gasteiger partial charge in [-0.05, 0) is 15.9 Å². The summed E-state index contributed by atoms with van der Waals surface area (Å²) in [6.45, 7) is 0. The Morgan fingerprint density at radius 1 is 1.44 bits per heavy atom. The number of nitrogens with two attached hydrogens (primary N) is 1. The molecule has 0 spiro atoms. The molecular weight excluding hydrogens is 294 g/mol. The second-order valence-corrected chi connectivity index (χ2v) is 5.16. The molecular formula is C8H6BrN5OS. The molecule has 0 aliphatic heterocycles. The van der Waals surface area contributed by atoms with E-state index in [9.17, 15) is 4.79 Å². The number of hydrogen-bond acceptors (Lipinski definition) is 6. The Balaban J connectivity index is 2.14. The number of carbonyl (C=O) groups excluding carboxylic acids is 1. The summed E-state index contributed by atoms with van der Waals surface area (Å²) in [5.74, 6) is -0.186. The fourth-order valence-electron chi connectivity index (χ4n) is 0.964. The average Bonchev–Trinajstić information content (AvgIpc) is 2.64. The highest BCUT2D eigenvalue weighted by molar-refractivity contribution is 9.11. The van der Waals surface area contributed by atoms with Crippen molar-refractivity contribution >= 4 is 44.1 Å². The van der Waals surface area contributed by atoms with E-state index < -0.39 is 0 Å². The smallest absolute Gasteiger partial charge is 0.277 e. The maximum Gasteiger partial charge on any atom is 0.277 e. The van der Waals surface area contributed by atoms with E-state index in [4.69, 9.17) is 5.73 Å². The summed E-state index contributed by atoms with van der Waals surface area (Å²) in [5, 5.41) is 3.07. The molecule has 0 aliphatic carbocycles. The monoisotopic (exact) mass is 299 g/mol. The predicted octanol–water partition coefficient (Wildman–Crippen LogP) is 1.53. The first-order valence-corrected chi connectivity index (χ1v) is 5.76. The molecule has 6 nitrogen and oxygen atoms in total. The van der Waals surface area contributed by atoms with E-state index >= 15 is 0 Å². The number of nitrogens with zero attached hydrogens (tertiary/aromatic N) is 3. The first-order chi connectivity index (χ1) is 7.65. The Kier molecular flexibility index (Phi) is 3.11. The van der Waals surface area contributed by atoms with Crippen LogP contribution in [-0.4, -0.2) is 20.9 Å². The van der Waals surface area contributed by atoms with E-state index in [1.54, 1.807) is 6.20 Å². The van der Waals surface area contributed by atoms with Crippen molar-refractivity contribution in [3.8, 4) is 0 Å². The van der Waals surface area contributed by atoms with Gasteiger partial charge in [-0.15, -0.1) is 0 Å². The van der Waals surface area contributed by atoms with Crippen molar-refractivity contribution in [3.05, 3.63) is 28.1 Å². The molecule has 0 unspecified atom stereocenters. The van der Waals surface area contributed by atoms with Gasteiger partial charge >= 0.3 is 0 Å². The summed E-state index contributed by atoms with van der Waals surface area (Å²) >= 11 is 4.56. The molecule has 16 heavy (non-hydrogen) atoms. The summed E-state index contributed by atoms with van der Waals surface area (Å²) in [6.07, 6.45) is 4.32. The number of aromatic nitrogens is 3. The molecule has 0 aliphatic rings. The zero-order valence-electron chi connectivity index (χ0n) is 7.85. The Hall–Kier alpha value is -1.54. The lowest BCUT2D eigenvalue weighted by atomic mass is 10.4. The van der Waals surface area contributed by atoms with Gasteiger partial charge in [-0.2, -0.15) is 0 Å². The van der Waals surface area contributed by atoms with Gasteiger partial charge in [0.2, 0.25) is 0 Å². The first kappa shape index (κ1) is 11.0. The van der Waals surface area contributed by atoms with Crippen LogP contribution in [0.15, 0.2) is 22.4 Å². The molecule has 3 N–H and O–H groups in total. The van der Waals surface area contributed by atoms with Crippen molar-refractivity contribution in [1.82, 2.24) is 15.0 Å². The Bertz CT molecular complexity index is 529. The topological polar surface area (TPSA) is 93.8 Å². The number of halogens is 1. The fourth-order valence-corrected chi connectivity index (χ4v) is 2.07. The zero-order chi connectivity index (χ0) is 11.5. The Morgan fingerprint density at radius 3 is 2.88 bits per heavy atom. The standard InChI is InChI=1S/C8H6BrN5OS/c9-5-2-12-8(16-5)14-7(15)4-1-11-3-6(10)13-4/h1-3H,(H2,10,13)(H,12,14,15). The molecule has 0 saturated carbocycles. The third-order valence-corrected chi connectivity index (χ3v) is 2.98. The van der Waals surface area contributed by atoms with Crippen molar-refractivity contribution < 1.29 is 4.79 Å². The molecule has 0 saturated heterocycles. The largest absolute Gasteiger partial charge is 0.382 e. The van der Waals surface area contributed by atoms with Crippen molar-refractivity contribution in [2.24, 2.45) is 0 Å². The highest BCUT2D eigenvalue weighted by Gasteiger charge is 2.10. The highest BCUT2D eigenvalue weighted by atomic mass is 79.9. The molecule has 2 aromatic rings. The number of anilines is 2. The first-order valence-electron chi connectivity index (χ1n) is 4.15. The molecule has 0 bridgehead atoms. The molecule has 2 aromatic heterocycles. The van der Waals surface area contributed by atoms with Crippen LogP contribution in [-0.2, 0) is 0 Å². The zero-order valence-corrected chi connectivity index (χ0v) is 10.2. The van der Waals surface area contributed by atoms with Gasteiger partial charge in [0.1, 0.15) is 11.5 Å². The summed E-state index contributed by atoms with van der Waals surface area (Å²) in [4.78, 5) is 23.2. The number of hydrogen-bond donors (Lipinski definition) is 2. The highest BCUT2D eigenvalue weighted by Crippen LogP contribution is 2.23. The molecule has 8 heteroatoms. The molecule has 0 fully saturated rings. The third kappa shape index (κ3) is 2.52. The van der Waals surface area contributed by atoms with Gasteiger partial charge in [-0.25, -0.2) is 9.97 Å². The summed E-state index contributed by atoms with van der Waals surface area (Å²) < 4.78 is 0.835. The molecule has 0 atom stereocenters. The second kappa shape index (κ2) is 4.54. The van der Waals surface area contributed by atoms with Crippen LogP contribution in [0.5, 0.6) is 0 Å². The normalized spacial score (nSPS) is 10.1. The molecule has 0 radical (unpaired) electrons. The Labute approximate surface area is 103 Å². The van der Waals surface area contributed by atoms with E-state index in [2.05, 4.69) is 36.2 Å². The van der Waals surface area contributed by atoms with E-state index in [1.165, 1.54) is 23.7 Å². The number of nitrogen functional groups attached to an aromatic ring is 1. The lowest BCUT2D eigenvalue weighted by Gasteiger charge is -2.00. The van der Waals surface area contributed by atoms with E-state index in [1.807, 2.05) is 0 Å². The van der Waals surface area contributed by atoms with Crippen LogP contribution in [0, 0.1) is 0 Å². The minimum Gasteiger partial charge on any atom is -0.382 e. The second-order valence-electron chi connectivity index (χ2n) is 2.75. The van der Waals surface area contributed by atoms with Gasteiger partial charge in [0, 0.05) is 0 Å². The van der Waals surface area contributed by atoms with Crippen molar-refractivity contribution in [2.75, 3.05) is 11.1 Å². The molecule has 2 heterocycles. The fraction of sp³-hybridized carbons (Fsp3) is 0. The summed E-state index contributed by atoms with van der Waals surface area (Å²) in [7, 11) is 0. The lowest BCUT2D eigenvalue weighted by molar-refractivity contribution is 0.102. The van der Waals surface area contributed by atoms with Crippen LogP contribution in [0.2, 0.25) is 0 Å². The lowest BCUT2D eigenvalue weighted by Crippen LogP contribution is -2.14. The minimum absolute atomic E-state index is 0.159. The van der Waals surface area contributed by atoms with Crippen LogP contribution in [0.4, 0.5) is 10.9 Å². The number of nitrogens with one attached hydrogen (secondary N) is 1. The number of carbonyl (C=O) groups is 1.